The summed E-state index contributed by atoms with van der Waals surface area (Å²) in [5.41, 5.74) is -0.963. The van der Waals surface area contributed by atoms with Gasteiger partial charge in [0.2, 0.25) is 5.91 Å². The van der Waals surface area contributed by atoms with Gasteiger partial charge in [-0.1, -0.05) is 11.6 Å². The molecule has 1 unspecified atom stereocenters. The lowest BCUT2D eigenvalue weighted by Gasteiger charge is -2.32. The summed E-state index contributed by atoms with van der Waals surface area (Å²) < 4.78 is 38.6. The highest BCUT2D eigenvalue weighted by atomic mass is 35.5. The molecule has 144 valence electrons. The van der Waals surface area contributed by atoms with E-state index >= 15 is 0 Å². The average molecular weight is 393 g/mol. The van der Waals surface area contributed by atoms with E-state index in [1.165, 1.54) is 6.07 Å². The third-order valence-electron chi connectivity index (χ3n) is 4.29. The molecule has 2 rings (SSSR count). The van der Waals surface area contributed by atoms with Crippen LogP contribution in [0.1, 0.15) is 31.2 Å². The number of carboxylic acid groups (broad SMARTS) is 1. The van der Waals surface area contributed by atoms with Crippen LogP contribution in [0, 0.1) is 5.92 Å². The Morgan fingerprint density at radius 3 is 2.73 bits per heavy atom. The molecule has 1 aromatic carbocycles. The third-order valence-corrected chi connectivity index (χ3v) is 4.62. The Labute approximate surface area is 154 Å². The van der Waals surface area contributed by atoms with Gasteiger partial charge in [-0.3, -0.25) is 14.5 Å². The number of likely N-dealkylation sites (tertiary alicyclic amines) is 1. The zero-order valence-corrected chi connectivity index (χ0v) is 14.7. The Bertz CT molecular complexity index is 667. The predicted octanol–water partition coefficient (Wildman–Crippen LogP) is 3.87. The first-order valence-corrected chi connectivity index (χ1v) is 8.63. The fourth-order valence-electron chi connectivity index (χ4n) is 3.08. The number of carbonyl (C=O) groups is 2. The van der Waals surface area contributed by atoms with Crippen molar-refractivity contribution in [2.45, 2.75) is 31.9 Å². The molecule has 1 atom stereocenters. The van der Waals surface area contributed by atoms with Crippen molar-refractivity contribution in [2.75, 3.05) is 25.0 Å². The molecule has 1 saturated heterocycles. The highest BCUT2D eigenvalue weighted by Crippen LogP contribution is 2.36. The van der Waals surface area contributed by atoms with Crippen LogP contribution in [0.15, 0.2) is 18.2 Å². The molecule has 0 aromatic heterocycles. The van der Waals surface area contributed by atoms with Crippen molar-refractivity contribution in [2.24, 2.45) is 5.92 Å². The summed E-state index contributed by atoms with van der Waals surface area (Å²) in [4.78, 5) is 24.7. The molecule has 2 N–H and O–H groups in total. The van der Waals surface area contributed by atoms with E-state index in [2.05, 4.69) is 5.32 Å². The van der Waals surface area contributed by atoms with E-state index in [0.29, 0.717) is 19.5 Å². The number of carbonyl (C=O) groups excluding carboxylic acids is 1. The molecule has 0 radical (unpaired) electrons. The summed E-state index contributed by atoms with van der Waals surface area (Å²) in [5, 5.41) is 10.8. The Morgan fingerprint density at radius 2 is 2.08 bits per heavy atom. The summed E-state index contributed by atoms with van der Waals surface area (Å²) in [6.45, 7) is 1.36. The Hall–Kier alpha value is -1.80. The van der Waals surface area contributed by atoms with E-state index in [4.69, 9.17) is 16.7 Å². The number of amides is 1. The van der Waals surface area contributed by atoms with Crippen LogP contribution < -0.4 is 5.32 Å². The molecule has 0 spiro atoms. The molecule has 1 heterocycles. The van der Waals surface area contributed by atoms with Crippen molar-refractivity contribution in [1.29, 1.82) is 0 Å². The van der Waals surface area contributed by atoms with Crippen LogP contribution in [-0.2, 0) is 15.8 Å². The number of alkyl halides is 3. The molecule has 1 aliphatic heterocycles. The molecule has 1 aliphatic rings. The molecule has 26 heavy (non-hydrogen) atoms. The number of aliphatic carboxylic acids is 1. The summed E-state index contributed by atoms with van der Waals surface area (Å²) in [7, 11) is 0. The summed E-state index contributed by atoms with van der Waals surface area (Å²) in [6.07, 6.45) is -2.18. The number of nitrogens with zero attached hydrogens (tertiary/aromatic N) is 1. The minimum absolute atomic E-state index is 0.0335. The lowest BCUT2D eigenvalue weighted by molar-refractivity contribution is -0.138. The zero-order chi connectivity index (χ0) is 19.3. The molecule has 0 aliphatic carbocycles. The van der Waals surface area contributed by atoms with Crippen LogP contribution in [0.3, 0.4) is 0 Å². The van der Waals surface area contributed by atoms with Gasteiger partial charge < -0.3 is 10.4 Å². The molecule has 9 heteroatoms. The maximum absolute atomic E-state index is 12.9. The van der Waals surface area contributed by atoms with Gasteiger partial charge in [0.25, 0.3) is 0 Å². The lowest BCUT2D eigenvalue weighted by Crippen LogP contribution is -2.40. The summed E-state index contributed by atoms with van der Waals surface area (Å²) in [6, 6.07) is 3.23. The first kappa shape index (κ1) is 20.5. The number of rotatable bonds is 6. The fraction of sp³-hybridized carbons (Fsp3) is 0.529. The molecular formula is C17H20ClF3N2O3. The molecule has 1 amide bonds. The van der Waals surface area contributed by atoms with Gasteiger partial charge in [-0.25, -0.2) is 0 Å². The molecule has 1 fully saturated rings. The largest absolute Gasteiger partial charge is 0.481 e. The van der Waals surface area contributed by atoms with Crippen molar-refractivity contribution in [3.63, 3.8) is 0 Å². The molecular weight excluding hydrogens is 373 g/mol. The van der Waals surface area contributed by atoms with Crippen LogP contribution in [0.2, 0.25) is 5.02 Å². The fourth-order valence-corrected chi connectivity index (χ4v) is 3.31. The van der Waals surface area contributed by atoms with Crippen molar-refractivity contribution in [3.8, 4) is 0 Å². The number of anilines is 1. The highest BCUT2D eigenvalue weighted by molar-refractivity contribution is 6.31. The molecule has 0 bridgehead atoms. The summed E-state index contributed by atoms with van der Waals surface area (Å²) >= 11 is 5.56. The number of piperidine rings is 1. The quantitative estimate of drug-likeness (QED) is 0.771. The van der Waals surface area contributed by atoms with Gasteiger partial charge in [-0.05, 0) is 49.9 Å². The maximum atomic E-state index is 12.9. The smallest absolute Gasteiger partial charge is 0.417 e. The van der Waals surface area contributed by atoms with Gasteiger partial charge in [0.15, 0.2) is 0 Å². The van der Waals surface area contributed by atoms with Crippen molar-refractivity contribution in [1.82, 2.24) is 4.90 Å². The number of hydrogen-bond acceptors (Lipinski definition) is 3. The maximum Gasteiger partial charge on any atom is 0.417 e. The number of halogens is 4. The average Bonchev–Trinajstić information content (AvgIpc) is 2.54. The van der Waals surface area contributed by atoms with Crippen LogP contribution in [0.4, 0.5) is 18.9 Å². The molecule has 5 nitrogen and oxygen atoms in total. The van der Waals surface area contributed by atoms with Crippen molar-refractivity contribution >= 4 is 29.2 Å². The first-order chi connectivity index (χ1) is 12.1. The Balaban J connectivity index is 1.91. The van der Waals surface area contributed by atoms with Crippen LogP contribution in [0.25, 0.3) is 0 Å². The van der Waals surface area contributed by atoms with Crippen molar-refractivity contribution in [3.05, 3.63) is 28.8 Å². The van der Waals surface area contributed by atoms with Crippen LogP contribution in [-0.4, -0.2) is 41.5 Å². The van der Waals surface area contributed by atoms with Crippen molar-refractivity contribution < 1.29 is 27.9 Å². The Kier molecular flexibility index (Phi) is 6.88. The van der Waals surface area contributed by atoms with E-state index in [9.17, 15) is 22.8 Å². The van der Waals surface area contributed by atoms with Gasteiger partial charge >= 0.3 is 12.1 Å². The number of hydrogen-bond donors (Lipinski definition) is 2. The molecule has 0 saturated carbocycles. The number of benzene rings is 1. The highest BCUT2D eigenvalue weighted by Gasteiger charge is 2.33. The lowest BCUT2D eigenvalue weighted by atomic mass is 9.93. The monoisotopic (exact) mass is 392 g/mol. The zero-order valence-electron chi connectivity index (χ0n) is 14.0. The second kappa shape index (κ2) is 8.73. The van der Waals surface area contributed by atoms with Crippen LogP contribution in [0.5, 0.6) is 0 Å². The minimum Gasteiger partial charge on any atom is -0.481 e. The minimum atomic E-state index is -4.60. The van der Waals surface area contributed by atoms with E-state index in [1.807, 2.05) is 4.90 Å². The number of carboxylic acids is 1. The first-order valence-electron chi connectivity index (χ1n) is 8.26. The standard InChI is InChI=1S/C17H20ClF3N2O3/c18-14-5-4-12(8-13(14)17(19,20)21)22-15(24)10-23-7-1-2-11(9-23)3-6-16(25)26/h4-5,8,11H,1-3,6-7,9-10H2,(H,22,24)(H,25,26). The topological polar surface area (TPSA) is 69.6 Å². The van der Waals surface area contributed by atoms with Gasteiger partial charge in [0.05, 0.1) is 17.1 Å². The second-order valence-electron chi connectivity index (χ2n) is 6.42. The third kappa shape index (κ3) is 6.17. The SMILES string of the molecule is O=C(O)CCC1CCCN(CC(=O)Nc2ccc(Cl)c(C(F)(F)F)c2)C1. The van der Waals surface area contributed by atoms with E-state index < -0.39 is 28.6 Å². The number of nitrogens with one attached hydrogen (secondary N) is 1. The van der Waals surface area contributed by atoms with E-state index in [0.717, 1.165) is 25.0 Å². The van der Waals surface area contributed by atoms with Crippen LogP contribution >= 0.6 is 11.6 Å². The van der Waals surface area contributed by atoms with Gasteiger partial charge in [0, 0.05) is 18.7 Å². The molecule has 1 aromatic rings. The summed E-state index contributed by atoms with van der Waals surface area (Å²) in [5.74, 6) is -1.05. The van der Waals surface area contributed by atoms with E-state index in [-0.39, 0.29) is 24.6 Å². The second-order valence-corrected chi connectivity index (χ2v) is 6.82. The normalized spacial score (nSPS) is 18.5. The predicted molar refractivity (Wildman–Crippen MR) is 91.1 cm³/mol. The van der Waals surface area contributed by atoms with E-state index in [1.54, 1.807) is 0 Å². The van der Waals surface area contributed by atoms with Gasteiger partial charge in [-0.2, -0.15) is 13.2 Å². The van der Waals surface area contributed by atoms with Gasteiger partial charge in [-0.15, -0.1) is 0 Å². The Morgan fingerprint density at radius 1 is 1.35 bits per heavy atom. The van der Waals surface area contributed by atoms with Gasteiger partial charge in [0.1, 0.15) is 0 Å².